The predicted octanol–water partition coefficient (Wildman–Crippen LogP) is 7.46. The van der Waals surface area contributed by atoms with Gasteiger partial charge in [-0.15, -0.1) is 0 Å². The first-order valence-corrected chi connectivity index (χ1v) is 13.9. The fraction of sp³-hybridized carbons (Fsp3) is 1.00. The fourth-order valence-corrected chi connectivity index (χ4v) is 3.95. The maximum atomic E-state index is 9.90. The number of rotatable bonds is 16. The highest BCUT2D eigenvalue weighted by Gasteiger charge is 2.36. The molecule has 0 fully saturated rings. The van der Waals surface area contributed by atoms with Gasteiger partial charge < -0.3 is 9.53 Å². The average molecular weight is 373 g/mol. The van der Waals surface area contributed by atoms with Gasteiger partial charge >= 0.3 is 0 Å². The molecule has 0 aliphatic carbocycles. The Hall–Kier alpha value is 0.137. The molecule has 0 spiro atoms. The Morgan fingerprint density at radius 1 is 0.760 bits per heavy atom. The van der Waals surface area contributed by atoms with Crippen LogP contribution in [-0.4, -0.2) is 26.1 Å². The normalized spacial score (nSPS) is 14.0. The topological polar surface area (TPSA) is 29.5 Å². The molecule has 0 aliphatic rings. The Labute approximate surface area is 160 Å². The minimum Gasteiger partial charge on any atom is -0.417 e. The van der Waals surface area contributed by atoms with Crippen molar-refractivity contribution >= 4 is 8.32 Å². The lowest BCUT2D eigenvalue weighted by molar-refractivity contribution is 0.147. The number of aliphatic hydroxyl groups is 1. The second kappa shape index (κ2) is 14.2. The van der Waals surface area contributed by atoms with E-state index in [4.69, 9.17) is 4.43 Å². The van der Waals surface area contributed by atoms with Gasteiger partial charge in [-0.05, 0) is 37.4 Å². The largest absolute Gasteiger partial charge is 0.417 e. The van der Waals surface area contributed by atoms with Crippen LogP contribution in [0, 0.1) is 0 Å². The van der Waals surface area contributed by atoms with Crippen molar-refractivity contribution in [1.82, 2.24) is 0 Å². The summed E-state index contributed by atoms with van der Waals surface area (Å²) in [6.07, 6.45) is 16.1. The van der Waals surface area contributed by atoms with Crippen molar-refractivity contribution in [3.8, 4) is 0 Å². The van der Waals surface area contributed by atoms with E-state index in [0.717, 1.165) is 19.4 Å². The van der Waals surface area contributed by atoms with Crippen LogP contribution >= 0.6 is 0 Å². The van der Waals surface area contributed by atoms with Gasteiger partial charge in [0.15, 0.2) is 8.32 Å². The Kier molecular flexibility index (Phi) is 14.3. The van der Waals surface area contributed by atoms with Crippen LogP contribution in [0.15, 0.2) is 0 Å². The first-order valence-electron chi connectivity index (χ1n) is 11.0. The van der Waals surface area contributed by atoms with Gasteiger partial charge in [-0.2, -0.15) is 0 Å². The Bertz CT molecular complexity index is 297. The summed E-state index contributed by atoms with van der Waals surface area (Å²) in [6.45, 7) is 14.8. The lowest BCUT2D eigenvalue weighted by Gasteiger charge is -2.36. The van der Waals surface area contributed by atoms with Crippen molar-refractivity contribution in [3.05, 3.63) is 0 Å². The summed E-state index contributed by atoms with van der Waals surface area (Å²) in [4.78, 5) is 0. The third kappa shape index (κ3) is 13.9. The Morgan fingerprint density at radius 3 is 1.68 bits per heavy atom. The molecule has 0 aliphatic heterocycles. The third-order valence-electron chi connectivity index (χ3n) is 5.84. The first-order chi connectivity index (χ1) is 11.7. The lowest BCUT2D eigenvalue weighted by Crippen LogP contribution is -2.40. The van der Waals surface area contributed by atoms with E-state index in [2.05, 4.69) is 40.8 Å². The third-order valence-corrected chi connectivity index (χ3v) is 10.4. The van der Waals surface area contributed by atoms with Gasteiger partial charge in [0.05, 0.1) is 6.10 Å². The number of hydrogen-bond donors (Lipinski definition) is 1. The van der Waals surface area contributed by atoms with Crippen molar-refractivity contribution in [2.45, 2.75) is 135 Å². The van der Waals surface area contributed by atoms with E-state index >= 15 is 0 Å². The highest BCUT2D eigenvalue weighted by molar-refractivity contribution is 6.74. The zero-order chi connectivity index (χ0) is 19.2. The van der Waals surface area contributed by atoms with E-state index in [-0.39, 0.29) is 6.10 Å². The molecule has 0 saturated carbocycles. The smallest absolute Gasteiger partial charge is 0.191 e. The van der Waals surface area contributed by atoms with Crippen LogP contribution in [0.2, 0.25) is 18.1 Å². The molecule has 1 N–H and O–H groups in total. The summed E-state index contributed by atoms with van der Waals surface area (Å²) in [5.41, 5.74) is 0. The minimum atomic E-state index is -1.54. The summed E-state index contributed by atoms with van der Waals surface area (Å²) < 4.78 is 6.23. The van der Waals surface area contributed by atoms with E-state index in [1.807, 2.05) is 0 Å². The van der Waals surface area contributed by atoms with Crippen LogP contribution in [0.3, 0.4) is 0 Å². The highest BCUT2D eigenvalue weighted by Crippen LogP contribution is 2.36. The zero-order valence-electron chi connectivity index (χ0n) is 18.3. The molecule has 0 radical (unpaired) electrons. The molecule has 0 aromatic heterocycles. The van der Waals surface area contributed by atoms with Crippen LogP contribution in [0.5, 0.6) is 0 Å². The van der Waals surface area contributed by atoms with Gasteiger partial charge in [-0.1, -0.05) is 91.9 Å². The Balaban J connectivity index is 3.34. The first kappa shape index (κ1) is 25.1. The fourth-order valence-electron chi connectivity index (χ4n) is 2.86. The van der Waals surface area contributed by atoms with E-state index in [9.17, 15) is 5.11 Å². The van der Waals surface area contributed by atoms with Crippen LogP contribution < -0.4 is 0 Å². The van der Waals surface area contributed by atoms with Gasteiger partial charge in [0.1, 0.15) is 0 Å². The Morgan fingerprint density at radius 2 is 1.20 bits per heavy atom. The zero-order valence-corrected chi connectivity index (χ0v) is 19.3. The molecule has 152 valence electrons. The van der Waals surface area contributed by atoms with Crippen LogP contribution in [0.1, 0.15) is 111 Å². The van der Waals surface area contributed by atoms with Crippen LogP contribution in [-0.2, 0) is 4.43 Å². The number of unbranched alkanes of at least 4 members (excludes halogenated alkanes) is 9. The van der Waals surface area contributed by atoms with Crippen LogP contribution in [0.4, 0.5) is 0 Å². The molecule has 0 unspecified atom stereocenters. The molecule has 25 heavy (non-hydrogen) atoms. The molecular weight excluding hydrogens is 324 g/mol. The second-order valence-corrected chi connectivity index (χ2v) is 14.2. The molecule has 0 bridgehead atoms. The van der Waals surface area contributed by atoms with Crippen molar-refractivity contribution in [1.29, 1.82) is 0 Å². The molecule has 0 aromatic carbocycles. The van der Waals surface area contributed by atoms with E-state index in [1.54, 1.807) is 0 Å². The maximum absolute atomic E-state index is 9.90. The quantitative estimate of drug-likeness (QED) is 0.225. The summed E-state index contributed by atoms with van der Waals surface area (Å²) in [5.74, 6) is 0. The molecular formula is C22H48O2Si. The van der Waals surface area contributed by atoms with Gasteiger partial charge in [0.25, 0.3) is 0 Å². The summed E-state index contributed by atoms with van der Waals surface area (Å²) in [6, 6.07) is 0. The molecule has 0 heterocycles. The molecule has 2 nitrogen and oxygen atoms in total. The van der Waals surface area contributed by atoms with Crippen molar-refractivity contribution in [2.75, 3.05) is 6.61 Å². The maximum Gasteiger partial charge on any atom is 0.191 e. The summed E-state index contributed by atoms with van der Waals surface area (Å²) in [7, 11) is -1.54. The standard InChI is InChI=1S/C22H48O2Si/c1-7-8-15-18-21(23)19-16-13-11-9-10-12-14-17-20-24-25(5,6)22(2,3)4/h21,23H,7-20H2,1-6H3/t21-/m0/s1. The van der Waals surface area contributed by atoms with Crippen molar-refractivity contribution in [2.24, 2.45) is 0 Å². The second-order valence-electron chi connectivity index (χ2n) is 9.38. The molecule has 3 heteroatoms. The number of hydrogen-bond acceptors (Lipinski definition) is 2. The SMILES string of the molecule is CCCCC[C@H](O)CCCCCCCCCCO[Si](C)(C)C(C)(C)C. The molecule has 0 aromatic rings. The summed E-state index contributed by atoms with van der Waals surface area (Å²) in [5, 5.41) is 10.2. The molecule has 1 atom stereocenters. The van der Waals surface area contributed by atoms with Gasteiger partial charge in [0.2, 0.25) is 0 Å². The van der Waals surface area contributed by atoms with Gasteiger partial charge in [0, 0.05) is 6.61 Å². The summed E-state index contributed by atoms with van der Waals surface area (Å²) >= 11 is 0. The number of aliphatic hydroxyl groups excluding tert-OH is 1. The van der Waals surface area contributed by atoms with Gasteiger partial charge in [-0.25, -0.2) is 0 Å². The average Bonchev–Trinajstić information content (AvgIpc) is 2.51. The van der Waals surface area contributed by atoms with Crippen LogP contribution in [0.25, 0.3) is 0 Å². The molecule has 0 rings (SSSR count). The van der Waals surface area contributed by atoms with E-state index in [1.165, 1.54) is 70.6 Å². The van der Waals surface area contributed by atoms with E-state index in [0.29, 0.717) is 5.04 Å². The van der Waals surface area contributed by atoms with Crippen molar-refractivity contribution < 1.29 is 9.53 Å². The predicted molar refractivity (Wildman–Crippen MR) is 115 cm³/mol. The monoisotopic (exact) mass is 372 g/mol. The van der Waals surface area contributed by atoms with E-state index < -0.39 is 8.32 Å². The van der Waals surface area contributed by atoms with Crippen molar-refractivity contribution in [3.63, 3.8) is 0 Å². The lowest BCUT2D eigenvalue weighted by atomic mass is 10.0. The molecule has 0 amide bonds. The van der Waals surface area contributed by atoms with Gasteiger partial charge in [-0.3, -0.25) is 0 Å². The molecule has 0 saturated heterocycles. The minimum absolute atomic E-state index is 0.0487. The highest BCUT2D eigenvalue weighted by atomic mass is 28.4.